The average molecular weight is 255 g/mol. The maximum Gasteiger partial charge on any atom is 0.0656 e. The predicted octanol–water partition coefficient (Wildman–Crippen LogP) is 1.75. The molecule has 0 aliphatic carbocycles. The van der Waals surface area contributed by atoms with Gasteiger partial charge in [-0.3, -0.25) is 0 Å². The molecule has 1 rings (SSSR count). The number of allylic oxidation sites excluding steroid dienone is 1. The molecular formula is C13H17ClNO2-. The highest BCUT2D eigenvalue weighted by atomic mass is 35.5. The molecular weight excluding hydrogens is 238 g/mol. The Hall–Kier alpha value is -1.19. The Morgan fingerprint density at radius 3 is 2.65 bits per heavy atom. The van der Waals surface area contributed by atoms with Gasteiger partial charge in [0.05, 0.1) is 12.1 Å². The topological polar surface area (TPSA) is 55.3 Å². The van der Waals surface area contributed by atoms with Crippen molar-refractivity contribution in [1.82, 2.24) is 5.32 Å². The second-order valence-corrected chi connectivity index (χ2v) is 5.07. The number of benzene rings is 1. The molecule has 0 radical (unpaired) electrons. The van der Waals surface area contributed by atoms with Crippen LogP contribution in [0.25, 0.3) is 5.76 Å². The van der Waals surface area contributed by atoms with E-state index in [1.54, 1.807) is 31.2 Å². The van der Waals surface area contributed by atoms with Gasteiger partial charge in [0.25, 0.3) is 0 Å². The molecule has 0 unspecified atom stereocenters. The Morgan fingerprint density at radius 1 is 1.47 bits per heavy atom. The van der Waals surface area contributed by atoms with E-state index in [-0.39, 0.29) is 12.4 Å². The van der Waals surface area contributed by atoms with Crippen LogP contribution in [-0.4, -0.2) is 17.3 Å². The van der Waals surface area contributed by atoms with E-state index in [4.69, 9.17) is 16.7 Å². The number of hydrogen-bond donors (Lipinski definition) is 2. The van der Waals surface area contributed by atoms with Gasteiger partial charge in [0.15, 0.2) is 0 Å². The molecule has 0 spiro atoms. The third kappa shape index (κ3) is 3.95. The van der Waals surface area contributed by atoms with Crippen molar-refractivity contribution in [3.8, 4) is 0 Å². The molecule has 0 aliphatic heterocycles. The van der Waals surface area contributed by atoms with Crippen molar-refractivity contribution < 1.29 is 10.2 Å². The van der Waals surface area contributed by atoms with Gasteiger partial charge in [0.2, 0.25) is 0 Å². The van der Waals surface area contributed by atoms with Gasteiger partial charge >= 0.3 is 0 Å². The minimum atomic E-state index is -0.516. The number of rotatable bonds is 4. The Bertz CT molecular complexity index is 427. The lowest BCUT2D eigenvalue weighted by molar-refractivity contribution is -0.245. The lowest BCUT2D eigenvalue weighted by Crippen LogP contribution is -2.42. The molecule has 0 aromatic heterocycles. The summed E-state index contributed by atoms with van der Waals surface area (Å²) in [5, 5.41) is 24.7. The van der Waals surface area contributed by atoms with Crippen LogP contribution in [0, 0.1) is 0 Å². The molecule has 17 heavy (non-hydrogen) atoms. The fourth-order valence-electron chi connectivity index (χ4n) is 1.45. The first-order chi connectivity index (χ1) is 7.85. The first kappa shape index (κ1) is 13.9. The molecule has 0 saturated carbocycles. The number of nitrogens with one attached hydrogen (secondary N) is 1. The van der Waals surface area contributed by atoms with E-state index >= 15 is 0 Å². The largest absolute Gasteiger partial charge is 0.871 e. The molecule has 0 atom stereocenters. The van der Waals surface area contributed by atoms with Gasteiger partial charge in [-0.2, -0.15) is 0 Å². The summed E-state index contributed by atoms with van der Waals surface area (Å²) in [6, 6.07) is 6.80. The van der Waals surface area contributed by atoms with Gasteiger partial charge in [-0.15, -0.1) is 0 Å². The third-order valence-corrected chi connectivity index (χ3v) is 2.58. The maximum atomic E-state index is 12.1. The fraction of sp³-hybridized carbons (Fsp3) is 0.385. The summed E-state index contributed by atoms with van der Waals surface area (Å²) in [5.41, 5.74) is 0.515. The van der Waals surface area contributed by atoms with Gasteiger partial charge in [-0.25, -0.2) is 0 Å². The van der Waals surface area contributed by atoms with E-state index in [1.165, 1.54) is 0 Å². The Morgan fingerprint density at radius 2 is 2.12 bits per heavy atom. The fourth-order valence-corrected chi connectivity index (χ4v) is 1.64. The molecule has 0 aliphatic rings. The van der Waals surface area contributed by atoms with Crippen molar-refractivity contribution in [2.24, 2.45) is 0 Å². The first-order valence-corrected chi connectivity index (χ1v) is 5.76. The highest BCUT2D eigenvalue weighted by molar-refractivity contribution is 6.30. The molecule has 0 saturated heterocycles. The van der Waals surface area contributed by atoms with E-state index in [9.17, 15) is 5.11 Å². The van der Waals surface area contributed by atoms with Crippen LogP contribution in [0.5, 0.6) is 0 Å². The van der Waals surface area contributed by atoms with Crippen molar-refractivity contribution >= 4 is 17.4 Å². The molecule has 0 bridgehead atoms. The Kier molecular flexibility index (Phi) is 4.43. The SMILES string of the molecule is C/C(NC(C)(C)CO)=C(/[O-])c1cccc(Cl)c1. The van der Waals surface area contributed by atoms with Gasteiger partial charge in [0.1, 0.15) is 0 Å². The minimum Gasteiger partial charge on any atom is -0.871 e. The van der Waals surface area contributed by atoms with E-state index in [0.29, 0.717) is 16.3 Å². The summed E-state index contributed by atoms with van der Waals surface area (Å²) < 4.78 is 0. The summed E-state index contributed by atoms with van der Waals surface area (Å²) in [4.78, 5) is 0. The second-order valence-electron chi connectivity index (χ2n) is 4.63. The van der Waals surface area contributed by atoms with Crippen LogP contribution in [-0.2, 0) is 0 Å². The van der Waals surface area contributed by atoms with Crippen LogP contribution in [0.4, 0.5) is 0 Å². The van der Waals surface area contributed by atoms with E-state index < -0.39 is 5.54 Å². The highest BCUT2D eigenvalue weighted by Crippen LogP contribution is 2.18. The van der Waals surface area contributed by atoms with Crippen LogP contribution in [0.2, 0.25) is 5.02 Å². The standard InChI is InChI=1S/C13H18ClNO2/c1-9(15-13(2,3)8-16)12(17)10-5-4-6-11(14)7-10/h4-7,15-17H,8H2,1-3H3/p-1/b12-9-. The van der Waals surface area contributed by atoms with Crippen LogP contribution >= 0.6 is 11.6 Å². The van der Waals surface area contributed by atoms with Gasteiger partial charge in [-0.1, -0.05) is 29.5 Å². The van der Waals surface area contributed by atoms with Crippen molar-refractivity contribution in [2.45, 2.75) is 26.3 Å². The van der Waals surface area contributed by atoms with Crippen LogP contribution in [0.15, 0.2) is 30.0 Å². The lowest BCUT2D eigenvalue weighted by atomic mass is 10.1. The Balaban J connectivity index is 2.97. The zero-order valence-electron chi connectivity index (χ0n) is 10.2. The molecule has 2 N–H and O–H groups in total. The molecule has 1 aromatic carbocycles. The van der Waals surface area contributed by atoms with Crippen molar-refractivity contribution in [1.29, 1.82) is 0 Å². The number of halogens is 1. The summed E-state index contributed by atoms with van der Waals surface area (Å²) in [6.45, 7) is 5.29. The first-order valence-electron chi connectivity index (χ1n) is 5.38. The molecule has 3 nitrogen and oxygen atoms in total. The number of aliphatic hydroxyl groups excluding tert-OH is 1. The molecule has 94 valence electrons. The van der Waals surface area contributed by atoms with Crippen molar-refractivity contribution in [3.05, 3.63) is 40.5 Å². The maximum absolute atomic E-state index is 12.1. The van der Waals surface area contributed by atoms with Crippen LogP contribution in [0.3, 0.4) is 0 Å². The summed E-state index contributed by atoms with van der Waals surface area (Å²) in [7, 11) is 0. The summed E-state index contributed by atoms with van der Waals surface area (Å²) in [5.74, 6) is -0.117. The zero-order chi connectivity index (χ0) is 13.1. The molecule has 0 fully saturated rings. The van der Waals surface area contributed by atoms with Crippen molar-refractivity contribution in [2.75, 3.05) is 6.61 Å². The second kappa shape index (κ2) is 5.43. The van der Waals surface area contributed by atoms with E-state index in [0.717, 1.165) is 0 Å². The normalized spacial score (nSPS) is 13.2. The van der Waals surface area contributed by atoms with Crippen LogP contribution < -0.4 is 10.4 Å². The lowest BCUT2D eigenvalue weighted by Gasteiger charge is -2.29. The number of aliphatic hydroxyl groups is 1. The monoisotopic (exact) mass is 254 g/mol. The van der Waals surface area contributed by atoms with Crippen molar-refractivity contribution in [3.63, 3.8) is 0 Å². The van der Waals surface area contributed by atoms with Gasteiger partial charge < -0.3 is 15.5 Å². The van der Waals surface area contributed by atoms with E-state index in [2.05, 4.69) is 5.32 Å². The molecule has 1 aromatic rings. The third-order valence-electron chi connectivity index (χ3n) is 2.35. The zero-order valence-corrected chi connectivity index (χ0v) is 11.0. The van der Waals surface area contributed by atoms with Gasteiger partial charge in [-0.05, 0) is 38.5 Å². The number of hydrogen-bond acceptors (Lipinski definition) is 3. The van der Waals surface area contributed by atoms with E-state index in [1.807, 2.05) is 13.8 Å². The Labute approximate surface area is 107 Å². The molecule has 4 heteroatoms. The minimum absolute atomic E-state index is 0.0484. The smallest absolute Gasteiger partial charge is 0.0656 e. The summed E-state index contributed by atoms with van der Waals surface area (Å²) >= 11 is 5.83. The van der Waals surface area contributed by atoms with Gasteiger partial charge in [0, 0.05) is 10.7 Å². The predicted molar refractivity (Wildman–Crippen MR) is 68.3 cm³/mol. The molecule has 0 amide bonds. The molecule has 0 heterocycles. The van der Waals surface area contributed by atoms with Crippen LogP contribution in [0.1, 0.15) is 26.3 Å². The summed E-state index contributed by atoms with van der Waals surface area (Å²) in [6.07, 6.45) is 0. The highest BCUT2D eigenvalue weighted by Gasteiger charge is 2.15. The average Bonchev–Trinajstić information content (AvgIpc) is 2.27. The quantitative estimate of drug-likeness (QED) is 0.805.